The lowest BCUT2D eigenvalue weighted by Gasteiger charge is -2.16. The maximum atomic E-state index is 12.9. The number of rotatable bonds is 4. The molecule has 0 bridgehead atoms. The molecule has 0 aliphatic carbocycles. The predicted octanol–water partition coefficient (Wildman–Crippen LogP) is 2.33. The Morgan fingerprint density at radius 3 is 2.62 bits per heavy atom. The molecule has 0 aliphatic heterocycles. The summed E-state index contributed by atoms with van der Waals surface area (Å²) in [5.74, 6) is -0.823. The Morgan fingerprint density at radius 2 is 2.00 bits per heavy atom. The molecule has 0 aromatic carbocycles. The van der Waals surface area contributed by atoms with Gasteiger partial charge in [-0.1, -0.05) is 6.07 Å². The van der Waals surface area contributed by atoms with Crippen molar-refractivity contribution < 1.29 is 18.0 Å². The van der Waals surface area contributed by atoms with Gasteiger partial charge in [0.05, 0.1) is 22.7 Å². The Balaban J connectivity index is 2.08. The van der Waals surface area contributed by atoms with Crippen LogP contribution in [0.5, 0.6) is 0 Å². The van der Waals surface area contributed by atoms with Gasteiger partial charge in [0.1, 0.15) is 12.2 Å². The van der Waals surface area contributed by atoms with E-state index in [-0.39, 0.29) is 11.3 Å². The van der Waals surface area contributed by atoms with Gasteiger partial charge in [-0.05, 0) is 25.1 Å². The molecule has 1 amide bonds. The topological polar surface area (TPSA) is 99.6 Å². The number of carbonyl (C=O) groups excluding carboxylic acids is 1. The zero-order valence-corrected chi connectivity index (χ0v) is 13.5. The quantitative estimate of drug-likeness (QED) is 0.768. The van der Waals surface area contributed by atoms with Crippen molar-refractivity contribution in [3.05, 3.63) is 65.6 Å². The molecule has 10 heteroatoms. The molecule has 0 fully saturated rings. The molecule has 0 radical (unpaired) electrons. The molecule has 1 atom stereocenters. The zero-order chi connectivity index (χ0) is 18.9. The van der Waals surface area contributed by atoms with Crippen LogP contribution in [0.3, 0.4) is 0 Å². The third kappa shape index (κ3) is 3.25. The number of amides is 1. The molecule has 3 aromatic heterocycles. The number of halogens is 3. The Labute approximate surface area is 145 Å². The van der Waals surface area contributed by atoms with Gasteiger partial charge in [-0.3, -0.25) is 9.78 Å². The highest BCUT2D eigenvalue weighted by Crippen LogP contribution is 2.32. The van der Waals surface area contributed by atoms with E-state index in [0.717, 1.165) is 0 Å². The Morgan fingerprint density at radius 1 is 1.23 bits per heavy atom. The molecule has 134 valence electrons. The number of pyridine rings is 2. The van der Waals surface area contributed by atoms with Crippen molar-refractivity contribution in [2.75, 3.05) is 0 Å². The zero-order valence-electron chi connectivity index (χ0n) is 13.5. The van der Waals surface area contributed by atoms with E-state index in [1.165, 1.54) is 11.0 Å². The first-order valence-corrected chi connectivity index (χ1v) is 7.47. The van der Waals surface area contributed by atoms with E-state index in [0.29, 0.717) is 23.9 Å². The number of nitrogens with zero attached hydrogens (tertiary/aromatic N) is 5. The summed E-state index contributed by atoms with van der Waals surface area (Å²) in [6.07, 6.45) is -1.11. The first-order chi connectivity index (χ1) is 12.3. The molecule has 2 N–H and O–H groups in total. The fourth-order valence-electron chi connectivity index (χ4n) is 2.50. The highest BCUT2D eigenvalue weighted by molar-refractivity contribution is 5.94. The Hall–Kier alpha value is -3.30. The molecule has 0 saturated carbocycles. The minimum atomic E-state index is -4.63. The average molecular weight is 362 g/mol. The van der Waals surface area contributed by atoms with Crippen LogP contribution in [0.15, 0.2) is 43.0 Å². The molecular weight excluding hydrogens is 349 g/mol. The number of aromatic nitrogens is 5. The number of hydrogen-bond donors (Lipinski definition) is 1. The van der Waals surface area contributed by atoms with Gasteiger partial charge in [-0.25, -0.2) is 9.97 Å². The summed E-state index contributed by atoms with van der Waals surface area (Å²) < 4.78 is 40.1. The van der Waals surface area contributed by atoms with Gasteiger partial charge < -0.3 is 5.73 Å². The van der Waals surface area contributed by atoms with Gasteiger partial charge in [0.25, 0.3) is 5.91 Å². The monoisotopic (exact) mass is 362 g/mol. The standard InChI is InChI=1S/C16H13F3N6O/c1-9(15-23-8-24-25(15)12-4-2-3-5-21-12)13-11(14(20)26)6-10(7-22-13)16(17,18)19/h2-9H,1H3,(H2,20,26). The van der Waals surface area contributed by atoms with Crippen LogP contribution < -0.4 is 5.73 Å². The molecule has 1 unspecified atom stereocenters. The first kappa shape index (κ1) is 17.5. The maximum absolute atomic E-state index is 12.9. The van der Waals surface area contributed by atoms with Crippen LogP contribution in [0.4, 0.5) is 13.2 Å². The summed E-state index contributed by atoms with van der Waals surface area (Å²) in [6, 6.07) is 5.87. The second kappa shape index (κ2) is 6.54. The summed E-state index contributed by atoms with van der Waals surface area (Å²) in [7, 11) is 0. The highest BCUT2D eigenvalue weighted by atomic mass is 19.4. The lowest BCUT2D eigenvalue weighted by molar-refractivity contribution is -0.137. The van der Waals surface area contributed by atoms with Crippen LogP contribution >= 0.6 is 0 Å². The largest absolute Gasteiger partial charge is 0.417 e. The van der Waals surface area contributed by atoms with Gasteiger partial charge >= 0.3 is 6.18 Å². The number of carbonyl (C=O) groups is 1. The molecule has 26 heavy (non-hydrogen) atoms. The van der Waals surface area contributed by atoms with E-state index in [2.05, 4.69) is 20.1 Å². The van der Waals surface area contributed by atoms with Crippen LogP contribution in [0.25, 0.3) is 5.82 Å². The van der Waals surface area contributed by atoms with Gasteiger partial charge in [-0.15, -0.1) is 0 Å². The fourth-order valence-corrected chi connectivity index (χ4v) is 2.50. The van der Waals surface area contributed by atoms with Gasteiger partial charge in [-0.2, -0.15) is 23.0 Å². The van der Waals surface area contributed by atoms with Crippen molar-refractivity contribution in [3.8, 4) is 5.82 Å². The molecule has 3 aromatic rings. The molecule has 3 rings (SSSR count). The van der Waals surface area contributed by atoms with Crippen molar-refractivity contribution >= 4 is 5.91 Å². The summed E-state index contributed by atoms with van der Waals surface area (Å²) in [5.41, 5.74) is 3.98. The van der Waals surface area contributed by atoms with Crippen LogP contribution in [0.2, 0.25) is 0 Å². The second-order valence-corrected chi connectivity index (χ2v) is 5.46. The van der Waals surface area contributed by atoms with E-state index in [1.54, 1.807) is 31.3 Å². The number of hydrogen-bond acceptors (Lipinski definition) is 5. The first-order valence-electron chi connectivity index (χ1n) is 7.47. The van der Waals surface area contributed by atoms with E-state index >= 15 is 0 Å². The predicted molar refractivity (Wildman–Crippen MR) is 84.4 cm³/mol. The number of alkyl halides is 3. The lowest BCUT2D eigenvalue weighted by Crippen LogP contribution is -2.20. The van der Waals surface area contributed by atoms with E-state index in [9.17, 15) is 18.0 Å². The van der Waals surface area contributed by atoms with Crippen LogP contribution in [-0.2, 0) is 6.18 Å². The molecule has 0 saturated heterocycles. The summed E-state index contributed by atoms with van der Waals surface area (Å²) in [5, 5.41) is 4.08. The number of nitrogens with two attached hydrogens (primary N) is 1. The minimum absolute atomic E-state index is 0.0793. The maximum Gasteiger partial charge on any atom is 0.417 e. The third-order valence-electron chi connectivity index (χ3n) is 3.75. The van der Waals surface area contributed by atoms with Crippen molar-refractivity contribution in [1.82, 2.24) is 24.7 Å². The summed E-state index contributed by atoms with van der Waals surface area (Å²) >= 11 is 0. The molecule has 0 aliphatic rings. The van der Waals surface area contributed by atoms with Crippen molar-refractivity contribution in [2.45, 2.75) is 19.0 Å². The normalized spacial score (nSPS) is 12.8. The molecule has 3 heterocycles. The Kier molecular flexibility index (Phi) is 4.41. The van der Waals surface area contributed by atoms with E-state index in [1.807, 2.05) is 0 Å². The van der Waals surface area contributed by atoms with Crippen molar-refractivity contribution in [1.29, 1.82) is 0 Å². The van der Waals surface area contributed by atoms with E-state index < -0.39 is 23.6 Å². The number of primary amides is 1. The van der Waals surface area contributed by atoms with E-state index in [4.69, 9.17) is 5.73 Å². The average Bonchev–Trinajstić information content (AvgIpc) is 3.10. The Bertz CT molecular complexity index is 939. The summed E-state index contributed by atoms with van der Waals surface area (Å²) in [4.78, 5) is 23.8. The minimum Gasteiger partial charge on any atom is -0.366 e. The smallest absolute Gasteiger partial charge is 0.366 e. The SMILES string of the molecule is CC(c1ncc(C(F)(F)F)cc1C(N)=O)c1ncnn1-c1ccccn1. The van der Waals surface area contributed by atoms with Crippen LogP contribution in [0, 0.1) is 0 Å². The molecule has 7 nitrogen and oxygen atoms in total. The van der Waals surface area contributed by atoms with Crippen molar-refractivity contribution in [3.63, 3.8) is 0 Å². The van der Waals surface area contributed by atoms with Gasteiger partial charge in [0.15, 0.2) is 5.82 Å². The van der Waals surface area contributed by atoms with Gasteiger partial charge in [0, 0.05) is 12.4 Å². The fraction of sp³-hybridized carbons (Fsp3) is 0.188. The van der Waals surface area contributed by atoms with Gasteiger partial charge in [0.2, 0.25) is 0 Å². The van der Waals surface area contributed by atoms with Crippen molar-refractivity contribution in [2.24, 2.45) is 5.73 Å². The third-order valence-corrected chi connectivity index (χ3v) is 3.75. The summed E-state index contributed by atoms with van der Waals surface area (Å²) in [6.45, 7) is 1.64. The van der Waals surface area contributed by atoms with Crippen LogP contribution in [-0.4, -0.2) is 30.6 Å². The lowest BCUT2D eigenvalue weighted by atomic mass is 9.99. The molecule has 0 spiro atoms. The molecular formula is C16H13F3N6O. The van der Waals surface area contributed by atoms with Crippen LogP contribution in [0.1, 0.15) is 40.3 Å². The second-order valence-electron chi connectivity index (χ2n) is 5.46. The highest BCUT2D eigenvalue weighted by Gasteiger charge is 2.33.